The molecule has 0 aromatic carbocycles. The number of carboxylic acids is 1. The second-order valence-electron chi connectivity index (χ2n) is 7.58. The molecule has 0 rings (SSSR count). The fourth-order valence-corrected chi connectivity index (χ4v) is 2.87. The Bertz CT molecular complexity index is 308. The van der Waals surface area contributed by atoms with Gasteiger partial charge in [0.15, 0.2) is 0 Å². The first-order valence-corrected chi connectivity index (χ1v) is 9.43. The molecular weight excluding hydrogens is 290 g/mol. The Labute approximate surface area is 143 Å². The molecule has 0 aliphatic carbocycles. The van der Waals surface area contributed by atoms with Gasteiger partial charge in [-0.15, -0.1) is 0 Å². The lowest BCUT2D eigenvalue weighted by Crippen LogP contribution is -2.55. The molecule has 1 unspecified atom stereocenters. The molecule has 0 aliphatic rings. The van der Waals surface area contributed by atoms with E-state index in [9.17, 15) is 15.0 Å². The third-order valence-electron chi connectivity index (χ3n) is 4.96. The van der Waals surface area contributed by atoms with Crippen molar-refractivity contribution in [3.8, 4) is 0 Å². The monoisotopic (exact) mass is 329 g/mol. The van der Waals surface area contributed by atoms with Crippen molar-refractivity contribution in [3.05, 3.63) is 0 Å². The van der Waals surface area contributed by atoms with Gasteiger partial charge in [-0.05, 0) is 25.2 Å². The second-order valence-corrected chi connectivity index (χ2v) is 7.58. The lowest BCUT2D eigenvalue weighted by atomic mass is 9.79. The number of rotatable bonds is 15. The Morgan fingerprint density at radius 1 is 0.913 bits per heavy atom. The number of carboxylic acid groups (broad SMARTS) is 1. The van der Waals surface area contributed by atoms with E-state index in [-0.39, 0.29) is 12.0 Å². The summed E-state index contributed by atoms with van der Waals surface area (Å²) in [5.74, 6) is -0.987. The summed E-state index contributed by atoms with van der Waals surface area (Å²) in [5, 5.41) is 21.8. The fraction of sp³-hybridized carbons (Fsp3) is 0.947. The van der Waals surface area contributed by atoms with Gasteiger partial charge in [-0.25, -0.2) is 0 Å². The number of carbonyl (C=O) groups is 1. The van der Waals surface area contributed by atoms with Crippen LogP contribution in [0.4, 0.5) is 0 Å². The van der Waals surface area contributed by atoms with E-state index >= 15 is 0 Å². The van der Waals surface area contributed by atoms with E-state index < -0.39 is 11.5 Å². The Morgan fingerprint density at radius 3 is 1.74 bits per heavy atom. The van der Waals surface area contributed by atoms with E-state index in [1.165, 1.54) is 51.4 Å². The zero-order valence-corrected chi connectivity index (χ0v) is 15.8. The summed E-state index contributed by atoms with van der Waals surface area (Å²) >= 11 is 0. The van der Waals surface area contributed by atoms with Crippen LogP contribution in [0.3, 0.4) is 0 Å². The third kappa shape index (κ3) is 9.31. The van der Waals surface area contributed by atoms with E-state index in [4.69, 9.17) is 0 Å². The third-order valence-corrected chi connectivity index (χ3v) is 4.96. The zero-order chi connectivity index (χ0) is 17.8. The van der Waals surface area contributed by atoms with Crippen molar-refractivity contribution >= 4 is 5.97 Å². The van der Waals surface area contributed by atoms with Gasteiger partial charge in [0.25, 0.3) is 0 Å². The van der Waals surface area contributed by atoms with Crippen LogP contribution in [0.2, 0.25) is 0 Å². The molecule has 0 aromatic heterocycles. The highest BCUT2D eigenvalue weighted by molar-refractivity contribution is 5.78. The summed E-state index contributed by atoms with van der Waals surface area (Å²) in [6.45, 7) is 8.51. The molecule has 0 radical (unpaired) electrons. The van der Waals surface area contributed by atoms with Crippen molar-refractivity contribution in [2.75, 3.05) is 13.2 Å². The molecule has 0 spiro atoms. The maximum atomic E-state index is 11.3. The van der Waals surface area contributed by atoms with Crippen LogP contribution in [-0.2, 0) is 4.79 Å². The predicted molar refractivity (Wildman–Crippen MR) is 96.8 cm³/mol. The largest absolute Gasteiger partial charge is 0.480 e. The number of aliphatic carboxylic acids is 1. The molecule has 1 atom stereocenters. The fourth-order valence-electron chi connectivity index (χ4n) is 2.87. The molecule has 138 valence electrons. The average Bonchev–Trinajstić information content (AvgIpc) is 2.53. The molecule has 0 saturated carbocycles. The molecule has 0 aromatic rings. The summed E-state index contributed by atoms with van der Waals surface area (Å²) in [6.07, 6.45) is 12.1. The molecule has 4 heteroatoms. The topological polar surface area (TPSA) is 69.6 Å². The van der Waals surface area contributed by atoms with Gasteiger partial charge in [-0.3, -0.25) is 10.1 Å². The van der Waals surface area contributed by atoms with Gasteiger partial charge in [0.05, 0.1) is 6.61 Å². The molecule has 0 amide bonds. The normalized spacial score (nSPS) is 14.7. The Hall–Kier alpha value is -0.610. The first kappa shape index (κ1) is 22.4. The smallest absolute Gasteiger partial charge is 0.326 e. The minimum absolute atomic E-state index is 0.105. The first-order valence-electron chi connectivity index (χ1n) is 9.43. The summed E-state index contributed by atoms with van der Waals surface area (Å²) in [7, 11) is 0. The van der Waals surface area contributed by atoms with Gasteiger partial charge in [0, 0.05) is 6.54 Å². The van der Waals surface area contributed by atoms with Crippen LogP contribution in [-0.4, -0.2) is 34.9 Å². The van der Waals surface area contributed by atoms with Crippen LogP contribution in [0.5, 0.6) is 0 Å². The number of nitrogens with one attached hydrogen (secondary N) is 1. The maximum Gasteiger partial charge on any atom is 0.326 e. The summed E-state index contributed by atoms with van der Waals surface area (Å²) in [4.78, 5) is 11.3. The highest BCUT2D eigenvalue weighted by atomic mass is 16.4. The van der Waals surface area contributed by atoms with Crippen LogP contribution in [0, 0.1) is 5.41 Å². The number of unbranched alkanes of at least 4 members (excludes halogenated alkanes) is 6. The van der Waals surface area contributed by atoms with E-state index in [0.717, 1.165) is 12.8 Å². The molecular formula is C19H39NO3. The second kappa shape index (κ2) is 11.9. The highest BCUT2D eigenvalue weighted by Crippen LogP contribution is 2.31. The van der Waals surface area contributed by atoms with Crippen molar-refractivity contribution in [2.24, 2.45) is 5.41 Å². The molecule has 0 fully saturated rings. The Morgan fingerprint density at radius 2 is 1.39 bits per heavy atom. The van der Waals surface area contributed by atoms with Crippen LogP contribution in [0.15, 0.2) is 0 Å². The molecule has 3 N–H and O–H groups in total. The predicted octanol–water partition coefficient (Wildman–Crippen LogP) is 4.36. The molecule has 0 saturated heterocycles. The van der Waals surface area contributed by atoms with Crippen LogP contribution < -0.4 is 5.32 Å². The molecule has 0 heterocycles. The van der Waals surface area contributed by atoms with E-state index in [1.54, 1.807) is 6.92 Å². The Balaban J connectivity index is 4.58. The first-order chi connectivity index (χ1) is 10.8. The van der Waals surface area contributed by atoms with Crippen molar-refractivity contribution in [1.29, 1.82) is 0 Å². The summed E-state index contributed by atoms with van der Waals surface area (Å²) in [5.41, 5.74) is -1.14. The average molecular weight is 330 g/mol. The molecule has 0 bridgehead atoms. The van der Waals surface area contributed by atoms with E-state index in [0.29, 0.717) is 6.54 Å². The molecule has 23 heavy (non-hydrogen) atoms. The minimum Gasteiger partial charge on any atom is -0.480 e. The summed E-state index contributed by atoms with van der Waals surface area (Å²) in [6, 6.07) is 0. The molecule has 4 nitrogen and oxygen atoms in total. The van der Waals surface area contributed by atoms with Gasteiger partial charge < -0.3 is 10.2 Å². The Kier molecular flexibility index (Phi) is 11.5. The van der Waals surface area contributed by atoms with E-state index in [1.807, 2.05) is 0 Å². The number of hydrogen-bond acceptors (Lipinski definition) is 3. The van der Waals surface area contributed by atoms with Crippen molar-refractivity contribution in [1.82, 2.24) is 5.32 Å². The van der Waals surface area contributed by atoms with Crippen molar-refractivity contribution in [2.45, 2.75) is 97.4 Å². The minimum atomic E-state index is -1.24. The van der Waals surface area contributed by atoms with Crippen molar-refractivity contribution in [3.63, 3.8) is 0 Å². The summed E-state index contributed by atoms with van der Waals surface area (Å²) < 4.78 is 0. The van der Waals surface area contributed by atoms with Gasteiger partial charge >= 0.3 is 5.97 Å². The van der Waals surface area contributed by atoms with Gasteiger partial charge in [0.2, 0.25) is 0 Å². The van der Waals surface area contributed by atoms with E-state index in [2.05, 4.69) is 26.1 Å². The van der Waals surface area contributed by atoms with Gasteiger partial charge in [0.1, 0.15) is 5.54 Å². The van der Waals surface area contributed by atoms with Crippen molar-refractivity contribution < 1.29 is 15.0 Å². The SMILES string of the molecule is CCCCCCC(C)(CCCCCC)CNC(C)(CO)C(=O)O. The zero-order valence-electron chi connectivity index (χ0n) is 15.8. The lowest BCUT2D eigenvalue weighted by Gasteiger charge is -2.34. The standard InChI is InChI=1S/C19H39NO3/c1-5-7-9-11-13-18(3,14-12-10-8-6-2)15-20-19(4,16-21)17(22)23/h20-21H,5-16H2,1-4H3,(H,22,23). The van der Waals surface area contributed by atoms with Crippen LogP contribution in [0.1, 0.15) is 91.9 Å². The van der Waals surface area contributed by atoms with Crippen LogP contribution in [0.25, 0.3) is 0 Å². The number of hydrogen-bond donors (Lipinski definition) is 3. The number of aliphatic hydroxyl groups excluding tert-OH is 1. The maximum absolute atomic E-state index is 11.3. The number of aliphatic hydroxyl groups is 1. The lowest BCUT2D eigenvalue weighted by molar-refractivity contribution is -0.146. The van der Waals surface area contributed by atoms with Gasteiger partial charge in [-0.2, -0.15) is 0 Å². The highest BCUT2D eigenvalue weighted by Gasteiger charge is 2.34. The quantitative estimate of drug-likeness (QED) is 0.390. The molecule has 0 aliphatic heterocycles. The van der Waals surface area contributed by atoms with Gasteiger partial charge in [-0.1, -0.05) is 72.1 Å². The van der Waals surface area contributed by atoms with Crippen LogP contribution >= 0.6 is 0 Å².